The van der Waals surface area contributed by atoms with Gasteiger partial charge in [-0.05, 0) is 277 Å². The Hall–Kier alpha value is -5.34. The summed E-state index contributed by atoms with van der Waals surface area (Å²) in [7, 11) is 0. The Labute approximate surface area is 583 Å². The molecule has 96 heavy (non-hydrogen) atoms. The molecule has 0 atom stereocenters. The molecule has 8 saturated carbocycles. The Kier molecular flexibility index (Phi) is 20.4. The maximum atomic E-state index is 2.98. The minimum Gasteiger partial charge on any atom is -0.309 e. The molecule has 8 aliphatic rings. The highest BCUT2D eigenvalue weighted by molar-refractivity contribution is 6.23. The molecule has 2 nitrogen and oxygen atoms in total. The lowest BCUT2D eigenvalue weighted by molar-refractivity contribution is 0.435. The fourth-order valence-corrected chi connectivity index (χ4v) is 20.9. The molecule has 0 spiro atoms. The van der Waals surface area contributed by atoms with Gasteiger partial charge in [0, 0.05) is 44.3 Å². The van der Waals surface area contributed by atoms with Gasteiger partial charge in [0.1, 0.15) is 0 Å². The SMILES string of the molecule is CC(C)(C)c1ccc2c(N(c3cc(C4CCCCC4)cc(C4CCCCC4)c3)c3cc(C4CCCCC4)cc(C4CCCCC4)c3)c3cc(C(C)(C)C)ccc3c(N(c3cc(C4CCCCC4)cc(C4CCCCC4)c3)c3cc(C4CCCCC4)cc(C4CCCCC4)c3)c2c1. The molecule has 0 N–H and O–H groups in total. The van der Waals surface area contributed by atoms with E-state index in [0.717, 1.165) is 0 Å². The molecule has 8 fully saturated rings. The van der Waals surface area contributed by atoms with Gasteiger partial charge in [-0.3, -0.25) is 0 Å². The average Bonchev–Trinajstić information content (AvgIpc) is 0.712. The first-order valence-corrected chi connectivity index (χ1v) is 41.1. The summed E-state index contributed by atoms with van der Waals surface area (Å²) in [6.07, 6.45) is 53.6. The molecular weight excluding hydrogens is 1160 g/mol. The Balaban J connectivity index is 1.09. The van der Waals surface area contributed by atoms with Crippen LogP contribution in [0.4, 0.5) is 34.1 Å². The molecule has 2 heteroatoms. The summed E-state index contributed by atoms with van der Waals surface area (Å²) in [5.74, 6) is 4.82. The van der Waals surface area contributed by atoms with Crippen molar-refractivity contribution in [2.45, 2.75) is 357 Å². The van der Waals surface area contributed by atoms with Crippen molar-refractivity contribution in [1.82, 2.24) is 0 Å². The summed E-state index contributed by atoms with van der Waals surface area (Å²) in [6, 6.07) is 49.5. The van der Waals surface area contributed by atoms with Gasteiger partial charge in [0.15, 0.2) is 0 Å². The maximum Gasteiger partial charge on any atom is 0.0620 e. The van der Waals surface area contributed by atoms with Crippen LogP contribution in [0.1, 0.15) is 401 Å². The average molecular weight is 1280 g/mol. The molecular formula is C94H124N2. The zero-order valence-electron chi connectivity index (χ0n) is 61.2. The van der Waals surface area contributed by atoms with E-state index in [1.165, 1.54) is 324 Å². The fourth-order valence-electron chi connectivity index (χ4n) is 20.9. The van der Waals surface area contributed by atoms with Gasteiger partial charge in [-0.25, -0.2) is 0 Å². The summed E-state index contributed by atoms with van der Waals surface area (Å²) < 4.78 is 0. The first-order valence-electron chi connectivity index (χ1n) is 41.1. The van der Waals surface area contributed by atoms with Crippen molar-refractivity contribution in [3.05, 3.63) is 165 Å². The zero-order valence-corrected chi connectivity index (χ0v) is 61.2. The van der Waals surface area contributed by atoms with E-state index < -0.39 is 0 Å². The van der Waals surface area contributed by atoms with Crippen LogP contribution in [0.2, 0.25) is 0 Å². The molecule has 0 bridgehead atoms. The van der Waals surface area contributed by atoms with Crippen molar-refractivity contribution in [3.63, 3.8) is 0 Å². The third kappa shape index (κ3) is 14.5. The van der Waals surface area contributed by atoms with Crippen LogP contribution in [0.3, 0.4) is 0 Å². The summed E-state index contributed by atoms with van der Waals surface area (Å²) in [6.45, 7) is 14.9. The first kappa shape index (κ1) is 66.5. The third-order valence-electron chi connectivity index (χ3n) is 26.7. The Bertz CT molecular complexity index is 3210. The minimum atomic E-state index is -0.0717. The number of nitrogens with zero attached hydrogens (tertiary/aromatic N) is 2. The highest BCUT2D eigenvalue weighted by Crippen LogP contribution is 2.57. The lowest BCUT2D eigenvalue weighted by Gasteiger charge is -2.37. The molecule has 7 aromatic carbocycles. The minimum absolute atomic E-state index is 0.0717. The van der Waals surface area contributed by atoms with Crippen molar-refractivity contribution in [2.24, 2.45) is 0 Å². The van der Waals surface area contributed by atoms with Crippen LogP contribution in [0.15, 0.2) is 109 Å². The van der Waals surface area contributed by atoms with Crippen LogP contribution >= 0.6 is 0 Å². The zero-order chi connectivity index (χ0) is 65.3. The number of hydrogen-bond acceptors (Lipinski definition) is 2. The van der Waals surface area contributed by atoms with E-state index in [9.17, 15) is 0 Å². The highest BCUT2D eigenvalue weighted by Gasteiger charge is 2.35. The molecule has 0 amide bonds. The Morgan fingerprint density at radius 1 is 0.208 bits per heavy atom. The molecule has 0 heterocycles. The quantitative estimate of drug-likeness (QED) is 0.0791. The van der Waals surface area contributed by atoms with Crippen molar-refractivity contribution >= 4 is 55.7 Å². The summed E-state index contributed by atoms with van der Waals surface area (Å²) in [5.41, 5.74) is 24.1. The van der Waals surface area contributed by atoms with Gasteiger partial charge in [0.05, 0.1) is 11.4 Å². The molecule has 7 aromatic rings. The van der Waals surface area contributed by atoms with Crippen LogP contribution < -0.4 is 9.80 Å². The molecule has 15 rings (SSSR count). The Morgan fingerprint density at radius 3 is 0.552 bits per heavy atom. The van der Waals surface area contributed by atoms with Gasteiger partial charge < -0.3 is 9.80 Å². The predicted molar refractivity (Wildman–Crippen MR) is 415 cm³/mol. The second-order valence-corrected chi connectivity index (χ2v) is 35.5. The van der Waals surface area contributed by atoms with Crippen LogP contribution in [0.5, 0.6) is 0 Å². The lowest BCUT2D eigenvalue weighted by Crippen LogP contribution is -2.19. The molecule has 0 aromatic heterocycles. The lowest BCUT2D eigenvalue weighted by atomic mass is 9.78. The molecule has 0 saturated heterocycles. The number of rotatable bonds is 14. The molecule has 0 aliphatic heterocycles. The van der Waals surface area contributed by atoms with Gasteiger partial charge in [0.25, 0.3) is 0 Å². The molecule has 0 unspecified atom stereocenters. The van der Waals surface area contributed by atoms with Gasteiger partial charge in [-0.1, -0.05) is 244 Å². The summed E-state index contributed by atoms with van der Waals surface area (Å²) >= 11 is 0. The second-order valence-electron chi connectivity index (χ2n) is 35.5. The van der Waals surface area contributed by atoms with Crippen LogP contribution in [0, 0.1) is 0 Å². The third-order valence-corrected chi connectivity index (χ3v) is 26.7. The molecule has 0 radical (unpaired) electrons. The van der Waals surface area contributed by atoms with E-state index >= 15 is 0 Å². The predicted octanol–water partition coefficient (Wildman–Crippen LogP) is 29.9. The van der Waals surface area contributed by atoms with Crippen molar-refractivity contribution < 1.29 is 0 Å². The van der Waals surface area contributed by atoms with Gasteiger partial charge in [-0.15, -0.1) is 0 Å². The normalized spacial score (nSPS) is 21.3. The number of fused-ring (bicyclic) bond motifs is 2. The van der Waals surface area contributed by atoms with E-state index in [1.54, 1.807) is 44.5 Å². The number of anilines is 6. The topological polar surface area (TPSA) is 6.48 Å². The van der Waals surface area contributed by atoms with Crippen molar-refractivity contribution in [3.8, 4) is 0 Å². The van der Waals surface area contributed by atoms with E-state index in [0.29, 0.717) is 47.3 Å². The van der Waals surface area contributed by atoms with Crippen LogP contribution in [0.25, 0.3) is 21.5 Å². The van der Waals surface area contributed by atoms with Crippen molar-refractivity contribution in [1.29, 1.82) is 0 Å². The van der Waals surface area contributed by atoms with Crippen LogP contribution in [-0.4, -0.2) is 0 Å². The smallest absolute Gasteiger partial charge is 0.0620 e. The maximum absolute atomic E-state index is 2.98. The first-order chi connectivity index (χ1) is 46.8. The van der Waals surface area contributed by atoms with Gasteiger partial charge in [-0.2, -0.15) is 0 Å². The highest BCUT2D eigenvalue weighted by atomic mass is 15.2. The summed E-state index contributed by atoms with van der Waals surface area (Å²) in [4.78, 5) is 5.96. The number of hydrogen-bond donors (Lipinski definition) is 0. The van der Waals surface area contributed by atoms with E-state index in [-0.39, 0.29) is 10.8 Å². The van der Waals surface area contributed by atoms with Crippen molar-refractivity contribution in [2.75, 3.05) is 9.80 Å². The second kappa shape index (κ2) is 29.5. The summed E-state index contributed by atoms with van der Waals surface area (Å²) in [5, 5.41) is 5.63. The largest absolute Gasteiger partial charge is 0.309 e. The fraction of sp³-hybridized carbons (Fsp3) is 0.596. The standard InChI is InChI=1S/C94H124N2/c1-93(2,3)81-47-49-87-89(63-81)91(95(83-55-73(65-31-15-7-16-32-65)51-74(56-83)66-33-17-8-18-34-66)84-57-75(67-35-19-9-20-36-67)52-76(58-84)68-37-21-10-22-38-68)88-50-48-82(94(4,5)6)64-90(88)92(87)96(85-59-77(69-39-23-11-24-40-69)53-78(60-85)70-41-25-12-26-42-70)86-61-79(71-43-27-13-28-44-71)54-80(62-86)72-45-29-14-30-46-72/h47-72H,7-46H2,1-6H3. The molecule has 510 valence electrons. The van der Waals surface area contributed by atoms with Crippen LogP contribution in [-0.2, 0) is 10.8 Å². The van der Waals surface area contributed by atoms with Gasteiger partial charge in [0.2, 0.25) is 0 Å². The monoisotopic (exact) mass is 1280 g/mol. The molecule has 8 aliphatic carbocycles. The van der Waals surface area contributed by atoms with E-state index in [2.05, 4.69) is 161 Å². The van der Waals surface area contributed by atoms with E-state index in [4.69, 9.17) is 0 Å². The number of benzene rings is 7. The van der Waals surface area contributed by atoms with Gasteiger partial charge >= 0.3 is 0 Å². The van der Waals surface area contributed by atoms with E-state index in [1.807, 2.05) is 0 Å². The Morgan fingerprint density at radius 2 is 0.385 bits per heavy atom.